The van der Waals surface area contributed by atoms with Crippen LogP contribution in [0.15, 0.2) is 48.5 Å². The molecule has 2 heterocycles. The van der Waals surface area contributed by atoms with Gasteiger partial charge in [0.15, 0.2) is 0 Å². The van der Waals surface area contributed by atoms with Gasteiger partial charge in [-0.25, -0.2) is 0 Å². The van der Waals surface area contributed by atoms with Gasteiger partial charge in [0, 0.05) is 32.7 Å². The lowest BCUT2D eigenvalue weighted by molar-refractivity contribution is -0.145. The molecule has 2 saturated heterocycles. The molecule has 2 fully saturated rings. The molecule has 1 unspecified atom stereocenters. The maximum Gasteiger partial charge on any atom is 0.416 e. The lowest BCUT2D eigenvalue weighted by Crippen LogP contribution is -2.48. The van der Waals surface area contributed by atoms with Crippen LogP contribution >= 0.6 is 0 Å². The summed E-state index contributed by atoms with van der Waals surface area (Å²) in [5, 5.41) is 0. The first-order valence-corrected chi connectivity index (χ1v) is 12.5. The van der Waals surface area contributed by atoms with E-state index in [1.165, 1.54) is 24.8 Å². The smallest absolute Gasteiger partial charge is 0.340 e. The topological polar surface area (TPSA) is 26.8 Å². The molecular formula is C27H31F6N3O. The summed E-state index contributed by atoms with van der Waals surface area (Å²) in [5.74, 6) is -0.390. The van der Waals surface area contributed by atoms with Crippen LogP contribution in [-0.4, -0.2) is 59.9 Å². The fourth-order valence-corrected chi connectivity index (χ4v) is 5.46. The normalized spacial score (nSPS) is 19.2. The Morgan fingerprint density at radius 2 is 1.54 bits per heavy atom. The van der Waals surface area contributed by atoms with Gasteiger partial charge < -0.3 is 9.80 Å². The Bertz CT molecular complexity index is 1060. The van der Waals surface area contributed by atoms with Gasteiger partial charge in [-0.05, 0) is 62.0 Å². The summed E-state index contributed by atoms with van der Waals surface area (Å²) in [7, 11) is 1.40. The molecule has 0 saturated carbocycles. The van der Waals surface area contributed by atoms with Gasteiger partial charge in [0.2, 0.25) is 5.91 Å². The minimum atomic E-state index is -4.99. The number of carbonyl (C=O) groups excluding carboxylic acids is 1. The number of hydrogen-bond donors (Lipinski definition) is 0. The van der Waals surface area contributed by atoms with Crippen molar-refractivity contribution in [1.29, 1.82) is 0 Å². The van der Waals surface area contributed by atoms with Gasteiger partial charge in [-0.1, -0.05) is 36.4 Å². The average molecular weight is 528 g/mol. The van der Waals surface area contributed by atoms with Gasteiger partial charge in [-0.15, -0.1) is 0 Å². The van der Waals surface area contributed by atoms with Crippen LogP contribution in [0.4, 0.5) is 26.3 Å². The lowest BCUT2D eigenvalue weighted by atomic mass is 9.97. The van der Waals surface area contributed by atoms with Gasteiger partial charge in [-0.2, -0.15) is 26.3 Å². The van der Waals surface area contributed by atoms with Crippen LogP contribution in [0.3, 0.4) is 0 Å². The third-order valence-corrected chi connectivity index (χ3v) is 7.40. The first-order chi connectivity index (χ1) is 17.4. The Morgan fingerprint density at radius 1 is 0.919 bits per heavy atom. The van der Waals surface area contributed by atoms with Gasteiger partial charge in [0.05, 0.1) is 11.1 Å². The number of hydrogen-bond acceptors (Lipinski definition) is 3. The Labute approximate surface area is 212 Å². The maximum absolute atomic E-state index is 13.7. The molecule has 4 nitrogen and oxygen atoms in total. The zero-order chi connectivity index (χ0) is 26.8. The number of likely N-dealkylation sites (N-methyl/N-ethyl adjacent to an activating group) is 1. The molecule has 0 radical (unpaired) electrons. The van der Waals surface area contributed by atoms with Crippen LogP contribution < -0.4 is 0 Å². The largest absolute Gasteiger partial charge is 0.416 e. The van der Waals surface area contributed by atoms with Crippen LogP contribution in [0.25, 0.3) is 0 Å². The van der Waals surface area contributed by atoms with E-state index < -0.39 is 36.1 Å². The fourth-order valence-electron chi connectivity index (χ4n) is 5.46. The highest BCUT2D eigenvalue weighted by molar-refractivity contribution is 5.83. The molecule has 1 atom stereocenters. The molecule has 10 heteroatoms. The third kappa shape index (κ3) is 6.46. The summed E-state index contributed by atoms with van der Waals surface area (Å²) in [6.07, 6.45) is -5.70. The quantitative estimate of drug-likeness (QED) is 0.433. The minimum absolute atomic E-state index is 0.117. The van der Waals surface area contributed by atoms with E-state index >= 15 is 0 Å². The highest BCUT2D eigenvalue weighted by Gasteiger charge is 2.39. The van der Waals surface area contributed by atoms with Crippen molar-refractivity contribution < 1.29 is 31.1 Å². The summed E-state index contributed by atoms with van der Waals surface area (Å²) >= 11 is 0. The second-order valence-corrected chi connectivity index (χ2v) is 9.89. The number of piperidine rings is 1. The maximum atomic E-state index is 13.7. The second kappa shape index (κ2) is 11.0. The van der Waals surface area contributed by atoms with Gasteiger partial charge in [0.25, 0.3) is 0 Å². The molecule has 0 aliphatic carbocycles. The third-order valence-electron chi connectivity index (χ3n) is 7.40. The van der Waals surface area contributed by atoms with E-state index in [-0.39, 0.29) is 17.5 Å². The number of rotatable bonds is 6. The summed E-state index contributed by atoms with van der Waals surface area (Å²) in [6, 6.07) is 10.4. The molecule has 0 N–H and O–H groups in total. The number of carbonyl (C=O) groups is 1. The van der Waals surface area contributed by atoms with Crippen molar-refractivity contribution in [3.8, 4) is 0 Å². The Hall–Kier alpha value is -2.59. The number of benzene rings is 2. The molecule has 202 valence electrons. The van der Waals surface area contributed by atoms with Crippen molar-refractivity contribution in [2.75, 3.05) is 33.2 Å². The standard InChI is InChI=1S/C27H31F6N3O/c1-34(18-20-9-10-21(26(28,29)30)17-23(20)27(31,32)33)25(37)24(19-7-3-2-4-8-19)36-15-11-22(12-16-36)35-13-5-6-14-35/h2-4,7-10,17,22,24H,5-6,11-16,18H2,1H3. The van der Waals surface area contributed by atoms with E-state index in [4.69, 9.17) is 0 Å². The van der Waals surface area contributed by atoms with E-state index in [0.29, 0.717) is 25.2 Å². The first-order valence-electron chi connectivity index (χ1n) is 12.5. The predicted octanol–water partition coefficient (Wildman–Crippen LogP) is 5.98. The average Bonchev–Trinajstić information content (AvgIpc) is 3.39. The molecule has 2 aliphatic heterocycles. The van der Waals surface area contributed by atoms with E-state index in [1.807, 2.05) is 30.3 Å². The number of halogens is 6. The Morgan fingerprint density at radius 3 is 2.11 bits per heavy atom. The summed E-state index contributed by atoms with van der Waals surface area (Å²) in [5.41, 5.74) is -2.40. The molecule has 2 aromatic carbocycles. The molecule has 0 aromatic heterocycles. The zero-order valence-corrected chi connectivity index (χ0v) is 20.7. The molecule has 2 aliphatic rings. The molecular weight excluding hydrogens is 496 g/mol. The van der Waals surface area contributed by atoms with Crippen molar-refractivity contribution >= 4 is 5.91 Å². The zero-order valence-electron chi connectivity index (χ0n) is 20.7. The number of alkyl halides is 6. The van der Waals surface area contributed by atoms with E-state index in [0.717, 1.165) is 37.6 Å². The van der Waals surface area contributed by atoms with Crippen LogP contribution in [0.2, 0.25) is 0 Å². The molecule has 4 rings (SSSR count). The van der Waals surface area contributed by atoms with Crippen molar-refractivity contribution in [2.24, 2.45) is 0 Å². The minimum Gasteiger partial charge on any atom is -0.340 e. The van der Waals surface area contributed by atoms with Gasteiger partial charge in [-0.3, -0.25) is 9.69 Å². The number of nitrogens with zero attached hydrogens (tertiary/aromatic N) is 3. The first kappa shape index (κ1) is 27.4. The van der Waals surface area contributed by atoms with Crippen molar-refractivity contribution in [3.05, 3.63) is 70.8 Å². The highest BCUT2D eigenvalue weighted by atomic mass is 19.4. The molecule has 2 aromatic rings. The lowest BCUT2D eigenvalue weighted by Gasteiger charge is -2.41. The van der Waals surface area contributed by atoms with Crippen molar-refractivity contribution in [3.63, 3.8) is 0 Å². The number of likely N-dealkylation sites (tertiary alicyclic amines) is 2. The van der Waals surface area contributed by atoms with Gasteiger partial charge in [0.1, 0.15) is 6.04 Å². The summed E-state index contributed by atoms with van der Waals surface area (Å²) < 4.78 is 80.2. The Kier molecular flexibility index (Phi) is 8.18. The van der Waals surface area contributed by atoms with Crippen LogP contribution in [-0.2, 0) is 23.7 Å². The van der Waals surface area contributed by atoms with Crippen molar-refractivity contribution in [1.82, 2.24) is 14.7 Å². The Balaban J connectivity index is 1.55. The van der Waals surface area contributed by atoms with E-state index in [1.54, 1.807) is 0 Å². The fraction of sp³-hybridized carbons (Fsp3) is 0.519. The summed E-state index contributed by atoms with van der Waals surface area (Å²) in [6.45, 7) is 3.06. The van der Waals surface area contributed by atoms with Gasteiger partial charge >= 0.3 is 12.4 Å². The molecule has 0 bridgehead atoms. The van der Waals surface area contributed by atoms with E-state index in [9.17, 15) is 31.1 Å². The highest BCUT2D eigenvalue weighted by Crippen LogP contribution is 2.38. The van der Waals surface area contributed by atoms with Crippen molar-refractivity contribution in [2.45, 2.75) is 56.7 Å². The van der Waals surface area contributed by atoms with Crippen LogP contribution in [0.1, 0.15) is 54.0 Å². The second-order valence-electron chi connectivity index (χ2n) is 9.89. The number of amides is 1. The SMILES string of the molecule is CN(Cc1ccc(C(F)(F)F)cc1C(F)(F)F)C(=O)C(c1ccccc1)N1CCC(N2CCCC2)CC1. The van der Waals surface area contributed by atoms with E-state index in [2.05, 4.69) is 9.80 Å². The summed E-state index contributed by atoms with van der Waals surface area (Å²) in [4.78, 5) is 19.4. The predicted molar refractivity (Wildman–Crippen MR) is 128 cm³/mol. The monoisotopic (exact) mass is 527 g/mol. The molecule has 1 amide bonds. The van der Waals surface area contributed by atoms with Crippen LogP contribution in [0, 0.1) is 0 Å². The molecule has 37 heavy (non-hydrogen) atoms. The molecule has 0 spiro atoms. The van der Waals surface area contributed by atoms with Crippen LogP contribution in [0.5, 0.6) is 0 Å².